The maximum Gasteiger partial charge on any atom is 0.338 e. The Morgan fingerprint density at radius 2 is 2.04 bits per heavy atom. The Hall–Kier alpha value is -2.09. The summed E-state index contributed by atoms with van der Waals surface area (Å²) in [5.74, 6) is -0.931. The predicted octanol–water partition coefficient (Wildman–Crippen LogP) is 2.87. The number of hydrogen-bond donors (Lipinski definition) is 3. The first-order valence-electron chi connectivity index (χ1n) is 8.77. The van der Waals surface area contributed by atoms with Gasteiger partial charge in [0, 0.05) is 36.3 Å². The van der Waals surface area contributed by atoms with Gasteiger partial charge in [0.25, 0.3) is 0 Å². The highest BCUT2D eigenvalue weighted by atomic mass is 32.1. The van der Waals surface area contributed by atoms with Crippen molar-refractivity contribution in [2.45, 2.75) is 31.6 Å². The molecule has 138 valence electrons. The van der Waals surface area contributed by atoms with Crippen molar-refractivity contribution >= 4 is 28.0 Å². The topological polar surface area (TPSA) is 82.0 Å². The molecule has 2 heterocycles. The van der Waals surface area contributed by atoms with Crippen LogP contribution in [0.2, 0.25) is 0 Å². The van der Waals surface area contributed by atoms with E-state index < -0.39 is 12.2 Å². The zero-order valence-corrected chi connectivity index (χ0v) is 15.4. The minimum atomic E-state index is -0.941. The molecule has 1 saturated heterocycles. The van der Waals surface area contributed by atoms with Gasteiger partial charge in [-0.25, -0.2) is 4.79 Å². The summed E-state index contributed by atoms with van der Waals surface area (Å²) in [6.45, 7) is 1.75. The van der Waals surface area contributed by atoms with Gasteiger partial charge in [0.1, 0.15) is 5.00 Å². The number of aromatic carboxylic acids is 1. The molecule has 2 aliphatic rings. The lowest BCUT2D eigenvalue weighted by Gasteiger charge is -2.40. The molecular weight excluding hydrogens is 352 g/mol. The fourth-order valence-corrected chi connectivity index (χ4v) is 4.91. The van der Waals surface area contributed by atoms with Crippen molar-refractivity contribution in [3.63, 3.8) is 0 Å². The molecule has 26 heavy (non-hydrogen) atoms. The molecular formula is C19H22N2O4S. The summed E-state index contributed by atoms with van der Waals surface area (Å²) in [6.07, 6.45) is 2.08. The van der Waals surface area contributed by atoms with Crippen LogP contribution in [0.3, 0.4) is 0 Å². The number of aryl methyl sites for hydroxylation is 1. The highest BCUT2D eigenvalue weighted by Crippen LogP contribution is 2.40. The van der Waals surface area contributed by atoms with Gasteiger partial charge in [-0.1, -0.05) is 12.1 Å². The molecule has 0 saturated carbocycles. The van der Waals surface area contributed by atoms with Crippen molar-refractivity contribution < 1.29 is 19.7 Å². The van der Waals surface area contributed by atoms with Crippen molar-refractivity contribution in [1.82, 2.24) is 0 Å². The molecule has 6 nitrogen and oxygen atoms in total. The van der Waals surface area contributed by atoms with Crippen LogP contribution in [0.4, 0.5) is 10.7 Å². The molecule has 1 atom stereocenters. The van der Waals surface area contributed by atoms with Crippen LogP contribution in [0.25, 0.3) is 0 Å². The minimum absolute atomic E-state index is 0.289. The van der Waals surface area contributed by atoms with Crippen molar-refractivity contribution in [2.24, 2.45) is 0 Å². The van der Waals surface area contributed by atoms with Crippen molar-refractivity contribution in [3.8, 4) is 0 Å². The average Bonchev–Trinajstić information content (AvgIpc) is 3.14. The number of carboxylic acid groups (broad SMARTS) is 1. The minimum Gasteiger partial charge on any atom is -0.478 e. The zero-order chi connectivity index (χ0) is 18.3. The number of fused-ring (bicyclic) bond motifs is 1. The number of benzene rings is 1. The van der Waals surface area contributed by atoms with Gasteiger partial charge in [-0.2, -0.15) is 0 Å². The Morgan fingerprint density at radius 1 is 1.31 bits per heavy atom. The molecule has 1 unspecified atom stereocenters. The third-order valence-corrected chi connectivity index (χ3v) is 6.38. The number of rotatable bonds is 6. The second-order valence-corrected chi connectivity index (χ2v) is 7.87. The number of hydrogen-bond acceptors (Lipinski definition) is 6. The van der Waals surface area contributed by atoms with Crippen LogP contribution >= 0.6 is 11.3 Å². The van der Waals surface area contributed by atoms with Gasteiger partial charge < -0.3 is 25.2 Å². The predicted molar refractivity (Wildman–Crippen MR) is 101 cm³/mol. The molecule has 1 aromatic heterocycles. The average molecular weight is 374 g/mol. The number of nitrogens with one attached hydrogen (secondary N) is 1. The highest BCUT2D eigenvalue weighted by Gasteiger charge is 2.28. The van der Waals surface area contributed by atoms with Gasteiger partial charge in [0.05, 0.1) is 11.7 Å². The van der Waals surface area contributed by atoms with Gasteiger partial charge in [-0.15, -0.1) is 11.3 Å². The summed E-state index contributed by atoms with van der Waals surface area (Å²) < 4.78 is 5.28. The Kier molecular flexibility index (Phi) is 4.60. The molecule has 0 amide bonds. The van der Waals surface area contributed by atoms with E-state index in [0.29, 0.717) is 16.1 Å². The third-order valence-electron chi connectivity index (χ3n) is 5.16. The number of anilines is 2. The number of nitrogens with zero attached hydrogens (tertiary/aromatic N) is 1. The van der Waals surface area contributed by atoms with E-state index in [1.807, 2.05) is 24.3 Å². The normalized spacial score (nSPS) is 17.7. The van der Waals surface area contributed by atoms with E-state index >= 15 is 0 Å². The van der Waals surface area contributed by atoms with E-state index in [1.54, 1.807) is 7.11 Å². The van der Waals surface area contributed by atoms with Crippen LogP contribution in [-0.2, 0) is 17.6 Å². The zero-order valence-electron chi connectivity index (χ0n) is 14.6. The smallest absolute Gasteiger partial charge is 0.338 e. The maximum absolute atomic E-state index is 11.6. The molecule has 1 aliphatic carbocycles. The van der Waals surface area contributed by atoms with Crippen molar-refractivity contribution in [2.75, 3.05) is 30.4 Å². The molecule has 3 N–H and O–H groups in total. The first-order chi connectivity index (χ1) is 12.6. The summed E-state index contributed by atoms with van der Waals surface area (Å²) >= 11 is 1.45. The molecule has 2 aromatic rings. The van der Waals surface area contributed by atoms with Gasteiger partial charge in [0.15, 0.2) is 6.23 Å². The van der Waals surface area contributed by atoms with E-state index in [9.17, 15) is 15.0 Å². The lowest BCUT2D eigenvalue weighted by atomic mass is 10.1. The van der Waals surface area contributed by atoms with Crippen LogP contribution in [0.1, 0.15) is 39.0 Å². The summed E-state index contributed by atoms with van der Waals surface area (Å²) in [6, 6.07) is 7.68. The number of methoxy groups -OCH3 is 1. The van der Waals surface area contributed by atoms with Gasteiger partial charge in [0.2, 0.25) is 0 Å². The Bertz CT molecular complexity index is 812. The molecule has 0 bridgehead atoms. The number of aliphatic hydroxyl groups excluding tert-OH is 1. The Balaban J connectivity index is 1.47. The Morgan fingerprint density at radius 3 is 2.69 bits per heavy atom. The van der Waals surface area contributed by atoms with E-state index in [2.05, 4.69) is 10.2 Å². The number of thiophene rings is 1. The first kappa shape index (κ1) is 17.3. The summed E-state index contributed by atoms with van der Waals surface area (Å²) in [4.78, 5) is 15.0. The van der Waals surface area contributed by atoms with E-state index in [0.717, 1.165) is 48.5 Å². The standard InChI is InChI=1S/C19H22N2O4S/c1-25-13-9-21(10-13)12-7-5-11(6-8-12)17(22)20-18-16(19(23)24)14-3-2-4-15(14)26-18/h5-8,13,17,20,22H,2-4,9-10H2,1H3,(H,23,24). The molecule has 1 aliphatic heterocycles. The molecule has 4 rings (SSSR count). The lowest BCUT2D eigenvalue weighted by Crippen LogP contribution is -2.51. The lowest BCUT2D eigenvalue weighted by molar-refractivity contribution is 0.0697. The second kappa shape index (κ2) is 6.90. The van der Waals surface area contributed by atoms with Crippen molar-refractivity contribution in [1.29, 1.82) is 0 Å². The van der Waals surface area contributed by atoms with Crippen LogP contribution in [0, 0.1) is 0 Å². The molecule has 1 fully saturated rings. The second-order valence-electron chi connectivity index (χ2n) is 6.77. The molecule has 0 spiro atoms. The van der Waals surface area contributed by atoms with Crippen molar-refractivity contribution in [3.05, 3.63) is 45.8 Å². The van der Waals surface area contributed by atoms with E-state index in [1.165, 1.54) is 11.3 Å². The van der Waals surface area contributed by atoms with Gasteiger partial charge in [-0.05, 0) is 37.0 Å². The van der Waals surface area contributed by atoms with Gasteiger partial charge in [-0.3, -0.25) is 0 Å². The van der Waals surface area contributed by atoms with Crippen LogP contribution < -0.4 is 10.2 Å². The fourth-order valence-electron chi connectivity index (χ4n) is 3.61. The molecule has 1 aromatic carbocycles. The fraction of sp³-hybridized carbons (Fsp3) is 0.421. The Labute approximate surface area is 156 Å². The highest BCUT2D eigenvalue weighted by molar-refractivity contribution is 7.16. The molecule has 0 radical (unpaired) electrons. The largest absolute Gasteiger partial charge is 0.478 e. The quantitative estimate of drug-likeness (QED) is 0.675. The van der Waals surface area contributed by atoms with E-state index in [-0.39, 0.29) is 6.10 Å². The van der Waals surface area contributed by atoms with E-state index in [4.69, 9.17) is 4.74 Å². The summed E-state index contributed by atoms with van der Waals surface area (Å²) in [5, 5.41) is 23.6. The number of carbonyl (C=O) groups is 1. The maximum atomic E-state index is 11.6. The molecule has 7 heteroatoms. The first-order valence-corrected chi connectivity index (χ1v) is 9.58. The summed E-state index contributed by atoms with van der Waals surface area (Å²) in [7, 11) is 1.72. The monoisotopic (exact) mass is 374 g/mol. The third kappa shape index (κ3) is 3.06. The number of ether oxygens (including phenoxy) is 1. The van der Waals surface area contributed by atoms with Gasteiger partial charge >= 0.3 is 5.97 Å². The van der Waals surface area contributed by atoms with Crippen LogP contribution in [0.5, 0.6) is 0 Å². The van der Waals surface area contributed by atoms with Crippen LogP contribution in [0.15, 0.2) is 24.3 Å². The SMILES string of the molecule is COC1CN(c2ccc(C(O)Nc3sc4c(c3C(=O)O)CCC4)cc2)C1. The number of aliphatic hydroxyl groups is 1. The van der Waals surface area contributed by atoms with Crippen LogP contribution in [-0.4, -0.2) is 42.5 Å². The summed E-state index contributed by atoms with van der Waals surface area (Å²) in [5.41, 5.74) is 3.06. The number of carboxylic acids is 1.